The molecule has 0 aliphatic heterocycles. The van der Waals surface area contributed by atoms with E-state index in [9.17, 15) is 24.0 Å². The van der Waals surface area contributed by atoms with Crippen LogP contribution in [0.5, 0.6) is 0 Å². The van der Waals surface area contributed by atoms with Gasteiger partial charge in [0, 0.05) is 6.04 Å². The molecule has 1 aromatic carbocycles. The summed E-state index contributed by atoms with van der Waals surface area (Å²) in [6.45, 7) is 7.97. The summed E-state index contributed by atoms with van der Waals surface area (Å²) in [6.07, 6.45) is 4.06. The minimum Gasteiger partial charge on any atom is -0.468 e. The number of esters is 1. The lowest BCUT2D eigenvalue weighted by Gasteiger charge is -2.30. The molecular weight excluding hydrogens is 456 g/mol. The fraction of sp³-hybridized carbons (Fsp3) is 0.458. The fourth-order valence-electron chi connectivity index (χ4n) is 3.20. The summed E-state index contributed by atoms with van der Waals surface area (Å²) in [4.78, 5) is 62.8. The Balaban J connectivity index is 3.44. The van der Waals surface area contributed by atoms with E-state index in [4.69, 9.17) is 16.9 Å². The number of alkyl carbamates (subject to hydrolysis) is 1. The third-order valence-electron chi connectivity index (χ3n) is 4.47. The molecule has 4 amide bonds. The van der Waals surface area contributed by atoms with E-state index in [0.717, 1.165) is 23.1 Å². The average molecular weight is 489 g/mol. The molecule has 11 heteroatoms. The first kappa shape index (κ1) is 29.0. The molecule has 0 aromatic heterocycles. The second-order valence-corrected chi connectivity index (χ2v) is 8.82. The summed E-state index contributed by atoms with van der Waals surface area (Å²) in [7, 11) is 1.16. The predicted octanol–water partition coefficient (Wildman–Crippen LogP) is 0.822. The van der Waals surface area contributed by atoms with Gasteiger partial charge in [0.05, 0.1) is 13.5 Å². The number of hydrogen-bond acceptors (Lipinski definition) is 7. The lowest BCUT2D eigenvalue weighted by atomic mass is 9.98. The summed E-state index contributed by atoms with van der Waals surface area (Å²) in [5, 5.41) is 4.68. The summed E-state index contributed by atoms with van der Waals surface area (Å²) in [5.41, 5.74) is 6.32. The van der Waals surface area contributed by atoms with Gasteiger partial charge in [-0.05, 0) is 40.2 Å². The van der Waals surface area contributed by atoms with Crippen molar-refractivity contribution in [3.63, 3.8) is 0 Å². The van der Waals surface area contributed by atoms with Crippen LogP contribution in [0.1, 0.15) is 49.9 Å². The van der Waals surface area contributed by atoms with Crippen LogP contribution in [0.3, 0.4) is 0 Å². The molecule has 35 heavy (non-hydrogen) atoms. The molecule has 4 N–H and O–H groups in total. The predicted molar refractivity (Wildman–Crippen MR) is 126 cm³/mol. The quantitative estimate of drug-likeness (QED) is 0.264. The average Bonchev–Trinajstić information content (AvgIpc) is 2.72. The van der Waals surface area contributed by atoms with E-state index in [1.165, 1.54) is 0 Å². The van der Waals surface area contributed by atoms with Gasteiger partial charge in [0.1, 0.15) is 24.2 Å². The molecule has 0 saturated heterocycles. The number of amides is 4. The number of nitrogens with one attached hydrogen (secondary N) is 2. The maximum Gasteiger partial charge on any atom is 0.408 e. The topological polar surface area (TPSA) is 157 Å². The molecule has 0 aliphatic rings. The van der Waals surface area contributed by atoms with Gasteiger partial charge in [0.15, 0.2) is 0 Å². The maximum atomic E-state index is 13.4. The van der Waals surface area contributed by atoms with Crippen LogP contribution in [0.4, 0.5) is 4.79 Å². The lowest BCUT2D eigenvalue weighted by Crippen LogP contribution is -2.52. The van der Waals surface area contributed by atoms with Crippen LogP contribution in [0.25, 0.3) is 0 Å². The molecule has 0 saturated carbocycles. The van der Waals surface area contributed by atoms with Crippen molar-refractivity contribution in [2.75, 3.05) is 13.7 Å². The number of methoxy groups -OCH3 is 1. The number of hydrogen-bond donors (Lipinski definition) is 3. The van der Waals surface area contributed by atoms with Crippen LogP contribution in [0, 0.1) is 26.3 Å². The zero-order chi connectivity index (χ0) is 26.9. The highest BCUT2D eigenvalue weighted by molar-refractivity contribution is 5.96. The van der Waals surface area contributed by atoms with Crippen molar-refractivity contribution in [2.24, 2.45) is 5.73 Å². The first-order valence-electron chi connectivity index (χ1n) is 10.7. The molecule has 0 radical (unpaired) electrons. The van der Waals surface area contributed by atoms with Crippen molar-refractivity contribution < 1.29 is 33.4 Å². The van der Waals surface area contributed by atoms with E-state index in [2.05, 4.69) is 21.4 Å². The number of rotatable bonds is 9. The van der Waals surface area contributed by atoms with Crippen LogP contribution in [0.2, 0.25) is 0 Å². The van der Waals surface area contributed by atoms with E-state index in [-0.39, 0.29) is 0 Å². The minimum absolute atomic E-state index is 0.353. The van der Waals surface area contributed by atoms with E-state index in [0.29, 0.717) is 5.56 Å². The first-order valence-corrected chi connectivity index (χ1v) is 10.7. The van der Waals surface area contributed by atoms with Gasteiger partial charge in [-0.2, -0.15) is 0 Å². The number of aryl methyl sites for hydroxylation is 2. The van der Waals surface area contributed by atoms with Gasteiger partial charge in [0.25, 0.3) is 5.91 Å². The third kappa shape index (κ3) is 9.37. The van der Waals surface area contributed by atoms with Gasteiger partial charge in [-0.3, -0.25) is 24.1 Å². The smallest absolute Gasteiger partial charge is 0.408 e. The standard InChI is InChI=1S/C24H32N4O7/c1-8-28(22(32)17(12-18(25)29)27-23(33)35-24(4,5)6)20(21(31)26-13-19(30)34-7)16-10-14(2)9-15(3)11-16/h1,9-11,17,20H,12-13H2,2-7H3,(H2,25,29)(H,26,31)(H,27,33). The molecule has 0 spiro atoms. The Morgan fingerprint density at radius 1 is 1.11 bits per heavy atom. The third-order valence-corrected chi connectivity index (χ3v) is 4.47. The lowest BCUT2D eigenvalue weighted by molar-refractivity contribution is -0.143. The molecule has 2 atom stereocenters. The maximum absolute atomic E-state index is 13.4. The Morgan fingerprint density at radius 3 is 2.14 bits per heavy atom. The number of carbonyl (C=O) groups excluding carboxylic acids is 5. The van der Waals surface area contributed by atoms with Crippen LogP contribution in [-0.4, -0.2) is 60.0 Å². The molecule has 11 nitrogen and oxygen atoms in total. The summed E-state index contributed by atoms with van der Waals surface area (Å²) in [6, 6.07) is 4.41. The SMILES string of the molecule is C#CN(C(=O)C(CC(N)=O)NC(=O)OC(C)(C)C)C(C(=O)NCC(=O)OC)c1cc(C)cc(C)c1. The van der Waals surface area contributed by atoms with Gasteiger partial charge in [-0.25, -0.2) is 4.79 Å². The number of nitrogens with two attached hydrogens (primary N) is 1. The highest BCUT2D eigenvalue weighted by Crippen LogP contribution is 2.24. The monoisotopic (exact) mass is 488 g/mol. The van der Waals surface area contributed by atoms with Gasteiger partial charge < -0.3 is 25.8 Å². The summed E-state index contributed by atoms with van der Waals surface area (Å²) in [5.74, 6) is -3.33. The second-order valence-electron chi connectivity index (χ2n) is 8.82. The fourth-order valence-corrected chi connectivity index (χ4v) is 3.20. The molecule has 0 aliphatic carbocycles. The van der Waals surface area contributed by atoms with E-state index < -0.39 is 60.4 Å². The van der Waals surface area contributed by atoms with E-state index >= 15 is 0 Å². The number of primary amides is 1. The van der Waals surface area contributed by atoms with Crippen molar-refractivity contribution in [3.05, 3.63) is 34.9 Å². The Bertz CT molecular complexity index is 1000. The molecule has 0 heterocycles. The number of terminal acetylenes is 1. The number of benzene rings is 1. The Hall–Kier alpha value is -4.07. The van der Waals surface area contributed by atoms with E-state index in [1.807, 2.05) is 6.07 Å². The van der Waals surface area contributed by atoms with Gasteiger partial charge in [-0.1, -0.05) is 35.7 Å². The second kappa shape index (κ2) is 12.4. The number of ether oxygens (including phenoxy) is 2. The van der Waals surface area contributed by atoms with Crippen LogP contribution in [-0.2, 0) is 28.7 Å². The van der Waals surface area contributed by atoms with Crippen molar-refractivity contribution in [1.82, 2.24) is 15.5 Å². The molecule has 2 unspecified atom stereocenters. The Morgan fingerprint density at radius 2 is 1.69 bits per heavy atom. The van der Waals surface area contributed by atoms with Crippen LogP contribution in [0.15, 0.2) is 18.2 Å². The molecule has 1 rings (SSSR count). The highest BCUT2D eigenvalue weighted by Gasteiger charge is 2.37. The van der Waals surface area contributed by atoms with Crippen molar-refractivity contribution in [2.45, 2.75) is 58.7 Å². The number of carbonyl (C=O) groups is 5. The molecular formula is C24H32N4O7. The molecule has 1 aromatic rings. The molecule has 190 valence electrons. The first-order chi connectivity index (χ1) is 16.2. The molecule has 0 fully saturated rings. The minimum atomic E-state index is -1.51. The van der Waals surface area contributed by atoms with Crippen molar-refractivity contribution in [3.8, 4) is 12.5 Å². The summed E-state index contributed by atoms with van der Waals surface area (Å²) < 4.78 is 9.70. The Labute approximate surface area is 204 Å². The van der Waals surface area contributed by atoms with Crippen molar-refractivity contribution in [1.29, 1.82) is 0 Å². The van der Waals surface area contributed by atoms with Gasteiger partial charge in [0.2, 0.25) is 11.8 Å². The zero-order valence-electron chi connectivity index (χ0n) is 20.8. The molecule has 0 bridgehead atoms. The van der Waals surface area contributed by atoms with Gasteiger partial charge in [-0.15, -0.1) is 0 Å². The Kier molecular flexibility index (Phi) is 10.3. The summed E-state index contributed by atoms with van der Waals surface area (Å²) >= 11 is 0. The largest absolute Gasteiger partial charge is 0.468 e. The normalized spacial score (nSPS) is 12.4. The van der Waals surface area contributed by atoms with Crippen molar-refractivity contribution >= 4 is 29.8 Å². The van der Waals surface area contributed by atoms with Gasteiger partial charge >= 0.3 is 12.1 Å². The van der Waals surface area contributed by atoms with Crippen LogP contribution >= 0.6 is 0 Å². The van der Waals surface area contributed by atoms with E-state index in [1.54, 1.807) is 46.8 Å². The number of nitrogens with zero attached hydrogens (tertiary/aromatic N) is 1. The van der Waals surface area contributed by atoms with Crippen LogP contribution < -0.4 is 16.4 Å². The zero-order valence-corrected chi connectivity index (χ0v) is 20.8. The highest BCUT2D eigenvalue weighted by atomic mass is 16.6.